The van der Waals surface area contributed by atoms with Gasteiger partial charge in [-0.25, -0.2) is 0 Å². The summed E-state index contributed by atoms with van der Waals surface area (Å²) in [6.07, 6.45) is 6.67. The molecule has 0 bridgehead atoms. The minimum absolute atomic E-state index is 1.18. The van der Waals surface area contributed by atoms with Gasteiger partial charge in [-0.1, -0.05) is 26.2 Å². The first-order valence-electron chi connectivity index (χ1n) is 6.78. The number of benzene rings is 1. The van der Waals surface area contributed by atoms with Gasteiger partial charge in [0.1, 0.15) is 0 Å². The third-order valence-corrected chi connectivity index (χ3v) is 4.53. The third kappa shape index (κ3) is 3.41. The van der Waals surface area contributed by atoms with Crippen molar-refractivity contribution in [3.05, 3.63) is 23.8 Å². The van der Waals surface area contributed by atoms with Gasteiger partial charge < -0.3 is 4.90 Å². The van der Waals surface area contributed by atoms with Crippen LogP contribution in [0.1, 0.15) is 38.2 Å². The summed E-state index contributed by atoms with van der Waals surface area (Å²) in [5.41, 5.74) is 2.96. The van der Waals surface area contributed by atoms with E-state index in [0.717, 1.165) is 0 Å². The third-order valence-electron chi connectivity index (χ3n) is 3.45. The quantitative estimate of drug-likeness (QED) is 0.544. The molecule has 94 valence electrons. The SMILES string of the molecule is CCCCCCSc1ccc2c(c1)CCN2C. The van der Waals surface area contributed by atoms with Gasteiger partial charge in [-0.05, 0) is 42.4 Å². The first-order chi connectivity index (χ1) is 8.31. The van der Waals surface area contributed by atoms with Crippen molar-refractivity contribution in [3.8, 4) is 0 Å². The van der Waals surface area contributed by atoms with Gasteiger partial charge >= 0.3 is 0 Å². The molecule has 0 N–H and O–H groups in total. The Morgan fingerprint density at radius 1 is 1.24 bits per heavy atom. The van der Waals surface area contributed by atoms with Crippen LogP contribution in [0.4, 0.5) is 5.69 Å². The lowest BCUT2D eigenvalue weighted by atomic mass is 10.2. The van der Waals surface area contributed by atoms with Crippen molar-refractivity contribution >= 4 is 17.4 Å². The van der Waals surface area contributed by atoms with Crippen LogP contribution < -0.4 is 4.90 Å². The molecule has 0 aromatic heterocycles. The van der Waals surface area contributed by atoms with Crippen molar-refractivity contribution in [2.75, 3.05) is 24.2 Å². The van der Waals surface area contributed by atoms with Crippen molar-refractivity contribution in [1.82, 2.24) is 0 Å². The average Bonchev–Trinajstić information content (AvgIpc) is 2.71. The second kappa shape index (κ2) is 6.34. The van der Waals surface area contributed by atoms with Crippen molar-refractivity contribution in [2.24, 2.45) is 0 Å². The van der Waals surface area contributed by atoms with Crippen LogP contribution in [0.5, 0.6) is 0 Å². The smallest absolute Gasteiger partial charge is 0.0397 e. The molecule has 1 heterocycles. The highest BCUT2D eigenvalue weighted by atomic mass is 32.2. The Hall–Kier alpha value is -0.630. The Morgan fingerprint density at radius 3 is 2.94 bits per heavy atom. The van der Waals surface area contributed by atoms with E-state index in [-0.39, 0.29) is 0 Å². The fourth-order valence-electron chi connectivity index (χ4n) is 2.35. The highest BCUT2D eigenvalue weighted by Gasteiger charge is 2.15. The van der Waals surface area contributed by atoms with Crippen molar-refractivity contribution < 1.29 is 0 Å². The molecule has 0 saturated carbocycles. The molecular weight excluding hydrogens is 226 g/mol. The molecule has 0 fully saturated rings. The van der Waals surface area contributed by atoms with E-state index in [1.807, 2.05) is 11.8 Å². The largest absolute Gasteiger partial charge is 0.374 e. The van der Waals surface area contributed by atoms with E-state index in [2.05, 4.69) is 37.1 Å². The molecular formula is C15H23NS. The maximum Gasteiger partial charge on any atom is 0.0397 e. The molecule has 0 radical (unpaired) electrons. The summed E-state index contributed by atoms with van der Waals surface area (Å²) in [6.45, 7) is 3.45. The summed E-state index contributed by atoms with van der Waals surface area (Å²) in [4.78, 5) is 3.81. The lowest BCUT2D eigenvalue weighted by Gasteiger charge is -2.12. The maximum absolute atomic E-state index is 2.39. The summed E-state index contributed by atoms with van der Waals surface area (Å²) in [6, 6.07) is 6.96. The Labute approximate surface area is 110 Å². The number of fused-ring (bicyclic) bond motifs is 1. The minimum atomic E-state index is 1.18. The summed E-state index contributed by atoms with van der Waals surface area (Å²) in [5.74, 6) is 1.27. The van der Waals surface area contributed by atoms with Gasteiger partial charge in [0.25, 0.3) is 0 Å². The number of likely N-dealkylation sites (N-methyl/N-ethyl adjacent to an activating group) is 1. The minimum Gasteiger partial charge on any atom is -0.374 e. The zero-order chi connectivity index (χ0) is 12.1. The molecule has 0 unspecified atom stereocenters. The lowest BCUT2D eigenvalue weighted by molar-refractivity contribution is 0.706. The van der Waals surface area contributed by atoms with Gasteiger partial charge in [0.2, 0.25) is 0 Å². The van der Waals surface area contributed by atoms with E-state index in [0.29, 0.717) is 0 Å². The number of unbranched alkanes of at least 4 members (excludes halogenated alkanes) is 3. The van der Waals surface area contributed by atoms with Gasteiger partial charge in [-0.3, -0.25) is 0 Å². The van der Waals surface area contributed by atoms with E-state index in [9.17, 15) is 0 Å². The van der Waals surface area contributed by atoms with Crippen LogP contribution in [0.2, 0.25) is 0 Å². The van der Waals surface area contributed by atoms with Crippen molar-refractivity contribution in [3.63, 3.8) is 0 Å². The topological polar surface area (TPSA) is 3.24 Å². The van der Waals surface area contributed by atoms with Crippen LogP contribution in [-0.2, 0) is 6.42 Å². The number of anilines is 1. The predicted octanol–water partition coefficient (Wildman–Crippen LogP) is 4.35. The lowest BCUT2D eigenvalue weighted by Crippen LogP contribution is -2.12. The Balaban J connectivity index is 1.82. The molecule has 2 heteroatoms. The first kappa shape index (κ1) is 12.8. The number of rotatable bonds is 6. The monoisotopic (exact) mass is 249 g/mol. The van der Waals surface area contributed by atoms with E-state index in [1.165, 1.54) is 60.5 Å². The predicted molar refractivity (Wildman–Crippen MR) is 78.3 cm³/mol. The molecule has 17 heavy (non-hydrogen) atoms. The first-order valence-corrected chi connectivity index (χ1v) is 7.76. The highest BCUT2D eigenvalue weighted by Crippen LogP contribution is 2.31. The van der Waals surface area contributed by atoms with Crippen LogP contribution in [-0.4, -0.2) is 19.3 Å². The summed E-state index contributed by atoms with van der Waals surface area (Å²) in [7, 11) is 2.18. The van der Waals surface area contributed by atoms with Gasteiger partial charge in [0.15, 0.2) is 0 Å². The number of thioether (sulfide) groups is 1. The second-order valence-corrected chi connectivity index (χ2v) is 6.04. The molecule has 1 aliphatic rings. The zero-order valence-electron chi connectivity index (χ0n) is 11.0. The Kier molecular flexibility index (Phi) is 4.78. The van der Waals surface area contributed by atoms with Crippen molar-refractivity contribution in [1.29, 1.82) is 0 Å². The van der Waals surface area contributed by atoms with E-state index >= 15 is 0 Å². The molecule has 0 amide bonds. The number of hydrogen-bond acceptors (Lipinski definition) is 2. The summed E-state index contributed by atoms with van der Waals surface area (Å²) < 4.78 is 0. The van der Waals surface area contributed by atoms with E-state index < -0.39 is 0 Å². The normalized spacial score (nSPS) is 14.1. The van der Waals surface area contributed by atoms with Gasteiger partial charge in [0, 0.05) is 24.2 Å². The van der Waals surface area contributed by atoms with Crippen LogP contribution in [0.3, 0.4) is 0 Å². The fourth-order valence-corrected chi connectivity index (χ4v) is 3.33. The fraction of sp³-hybridized carbons (Fsp3) is 0.600. The molecule has 1 aromatic rings. The van der Waals surface area contributed by atoms with Crippen LogP contribution in [0.15, 0.2) is 23.1 Å². The van der Waals surface area contributed by atoms with Gasteiger partial charge in [-0.2, -0.15) is 0 Å². The van der Waals surface area contributed by atoms with Gasteiger partial charge in [-0.15, -0.1) is 11.8 Å². The van der Waals surface area contributed by atoms with Crippen LogP contribution >= 0.6 is 11.8 Å². The molecule has 2 rings (SSSR count). The zero-order valence-corrected chi connectivity index (χ0v) is 11.9. The Morgan fingerprint density at radius 2 is 2.12 bits per heavy atom. The van der Waals surface area contributed by atoms with E-state index in [4.69, 9.17) is 0 Å². The molecule has 0 saturated heterocycles. The van der Waals surface area contributed by atoms with E-state index in [1.54, 1.807) is 0 Å². The number of nitrogens with zero attached hydrogens (tertiary/aromatic N) is 1. The molecule has 1 aliphatic heterocycles. The highest BCUT2D eigenvalue weighted by molar-refractivity contribution is 7.99. The van der Waals surface area contributed by atoms with Crippen molar-refractivity contribution in [2.45, 2.75) is 43.9 Å². The molecule has 0 spiro atoms. The summed E-state index contributed by atoms with van der Waals surface area (Å²) in [5, 5.41) is 0. The Bertz CT molecular complexity index is 362. The van der Waals surface area contributed by atoms with Crippen LogP contribution in [0, 0.1) is 0 Å². The standard InChI is InChI=1S/C15H23NS/c1-3-4-5-6-11-17-14-7-8-15-13(12-14)9-10-16(15)2/h7-8,12H,3-6,9-11H2,1-2H3. The molecule has 1 aromatic carbocycles. The molecule has 0 aliphatic carbocycles. The maximum atomic E-state index is 2.39. The molecule has 1 nitrogen and oxygen atoms in total. The average molecular weight is 249 g/mol. The molecule has 0 atom stereocenters. The summed E-state index contributed by atoms with van der Waals surface area (Å²) >= 11 is 2.02. The van der Waals surface area contributed by atoms with Crippen LogP contribution in [0.25, 0.3) is 0 Å². The van der Waals surface area contributed by atoms with Gasteiger partial charge in [0.05, 0.1) is 0 Å². The second-order valence-electron chi connectivity index (χ2n) is 4.87. The number of hydrogen-bond donors (Lipinski definition) is 0.